The molecule has 4 rings (SSSR count). The molecule has 0 unspecified atom stereocenters. The molecule has 0 spiro atoms. The molecule has 2 nitrogen and oxygen atoms in total. The van der Waals surface area contributed by atoms with Crippen LogP contribution >= 0.6 is 15.9 Å². The van der Waals surface area contributed by atoms with E-state index >= 15 is 0 Å². The van der Waals surface area contributed by atoms with E-state index in [4.69, 9.17) is 0 Å². The van der Waals surface area contributed by atoms with Gasteiger partial charge in [0.05, 0.1) is 5.41 Å². The second-order valence-electron chi connectivity index (χ2n) is 7.48. The molecule has 108 valence electrons. The minimum atomic E-state index is 0.0290. The van der Waals surface area contributed by atoms with Crippen molar-refractivity contribution in [1.29, 1.82) is 0 Å². The molecule has 0 N–H and O–H groups in total. The molecule has 4 fully saturated rings. The Bertz CT molecular complexity index is 330. The zero-order valence-corrected chi connectivity index (χ0v) is 13.8. The first-order valence-corrected chi connectivity index (χ1v) is 9.03. The van der Waals surface area contributed by atoms with Crippen LogP contribution in [0.1, 0.15) is 52.4 Å². The highest BCUT2D eigenvalue weighted by molar-refractivity contribution is 9.09. The number of hydrogen-bond donors (Lipinski definition) is 0. The van der Waals surface area contributed by atoms with Crippen molar-refractivity contribution in [1.82, 2.24) is 4.90 Å². The topological polar surface area (TPSA) is 20.3 Å². The Morgan fingerprint density at radius 3 is 2.00 bits per heavy atom. The van der Waals surface area contributed by atoms with Gasteiger partial charge in [-0.25, -0.2) is 0 Å². The van der Waals surface area contributed by atoms with E-state index in [-0.39, 0.29) is 5.41 Å². The van der Waals surface area contributed by atoms with Crippen molar-refractivity contribution in [3.05, 3.63) is 0 Å². The molecular weight excluding hydrogens is 302 g/mol. The number of amides is 1. The van der Waals surface area contributed by atoms with Gasteiger partial charge in [-0.1, -0.05) is 15.9 Å². The summed E-state index contributed by atoms with van der Waals surface area (Å²) in [5.41, 5.74) is 0.0290. The van der Waals surface area contributed by atoms with E-state index in [1.807, 2.05) is 0 Å². The zero-order chi connectivity index (χ0) is 13.6. The average Bonchev–Trinajstić information content (AvgIpc) is 2.33. The fraction of sp³-hybridized carbons (Fsp3) is 0.938. The van der Waals surface area contributed by atoms with Crippen LogP contribution in [0.25, 0.3) is 0 Å². The van der Waals surface area contributed by atoms with Gasteiger partial charge in [0.2, 0.25) is 5.91 Å². The molecule has 4 saturated carbocycles. The molecule has 0 radical (unpaired) electrons. The molecule has 0 aromatic carbocycles. The lowest BCUT2D eigenvalue weighted by atomic mass is 9.49. The zero-order valence-electron chi connectivity index (χ0n) is 12.2. The van der Waals surface area contributed by atoms with E-state index in [2.05, 4.69) is 34.7 Å². The van der Waals surface area contributed by atoms with Crippen molar-refractivity contribution in [3.8, 4) is 0 Å². The van der Waals surface area contributed by atoms with Gasteiger partial charge in [0.1, 0.15) is 0 Å². The van der Waals surface area contributed by atoms with Gasteiger partial charge in [-0.15, -0.1) is 0 Å². The first-order valence-electron chi connectivity index (χ1n) is 7.91. The molecular formula is C16H26BrNO. The van der Waals surface area contributed by atoms with Gasteiger partial charge in [-0.05, 0) is 70.1 Å². The third kappa shape index (κ3) is 2.36. The highest BCUT2D eigenvalue weighted by Crippen LogP contribution is 2.60. The van der Waals surface area contributed by atoms with E-state index in [1.54, 1.807) is 0 Å². The summed E-state index contributed by atoms with van der Waals surface area (Å²) in [6.45, 7) is 5.17. The van der Waals surface area contributed by atoms with Gasteiger partial charge in [0, 0.05) is 17.9 Å². The average molecular weight is 328 g/mol. The SMILES string of the molecule is CC(C)N(CCBr)C(=O)C12CC3CC(CC(C3)C1)C2. The monoisotopic (exact) mass is 327 g/mol. The molecule has 4 aliphatic carbocycles. The predicted octanol–water partition coefficient (Wildman–Crippen LogP) is 3.83. The van der Waals surface area contributed by atoms with Crippen LogP contribution in [-0.4, -0.2) is 28.7 Å². The molecule has 0 saturated heterocycles. The Morgan fingerprint density at radius 1 is 1.16 bits per heavy atom. The van der Waals surface area contributed by atoms with Gasteiger partial charge in [-0.3, -0.25) is 4.79 Å². The Morgan fingerprint density at radius 2 is 1.63 bits per heavy atom. The molecule has 0 aromatic heterocycles. The van der Waals surface area contributed by atoms with E-state index in [9.17, 15) is 4.79 Å². The number of carbonyl (C=O) groups is 1. The second kappa shape index (κ2) is 5.05. The Hall–Kier alpha value is -0.0500. The predicted molar refractivity (Wildman–Crippen MR) is 81.2 cm³/mol. The van der Waals surface area contributed by atoms with Crippen molar-refractivity contribution in [2.24, 2.45) is 23.2 Å². The third-order valence-electron chi connectivity index (χ3n) is 5.70. The fourth-order valence-electron chi connectivity index (χ4n) is 5.36. The normalized spacial score (nSPS) is 39.9. The summed E-state index contributed by atoms with van der Waals surface area (Å²) in [4.78, 5) is 15.3. The number of alkyl halides is 1. The quantitative estimate of drug-likeness (QED) is 0.718. The summed E-state index contributed by atoms with van der Waals surface area (Å²) in [5.74, 6) is 3.04. The molecule has 0 atom stereocenters. The standard InChI is InChI=1S/C16H26BrNO/c1-11(2)18(4-3-17)15(19)16-8-12-5-13(9-16)7-14(6-12)10-16/h11-14H,3-10H2,1-2H3. The van der Waals surface area contributed by atoms with E-state index in [0.29, 0.717) is 11.9 Å². The molecule has 0 aliphatic heterocycles. The van der Waals surface area contributed by atoms with Crippen LogP contribution in [0.3, 0.4) is 0 Å². The molecule has 3 heteroatoms. The van der Waals surface area contributed by atoms with Crippen LogP contribution < -0.4 is 0 Å². The molecule has 0 heterocycles. The fourth-order valence-corrected chi connectivity index (χ4v) is 5.74. The first kappa shape index (κ1) is 13.9. The Kier molecular flexibility index (Phi) is 3.70. The first-order chi connectivity index (χ1) is 9.04. The summed E-state index contributed by atoms with van der Waals surface area (Å²) >= 11 is 3.50. The van der Waals surface area contributed by atoms with Crippen molar-refractivity contribution >= 4 is 21.8 Å². The number of halogens is 1. The van der Waals surface area contributed by atoms with Crippen molar-refractivity contribution in [2.75, 3.05) is 11.9 Å². The minimum Gasteiger partial charge on any atom is -0.339 e. The highest BCUT2D eigenvalue weighted by atomic mass is 79.9. The van der Waals surface area contributed by atoms with Gasteiger partial charge in [0.15, 0.2) is 0 Å². The third-order valence-corrected chi connectivity index (χ3v) is 6.06. The maximum atomic E-state index is 13.1. The minimum absolute atomic E-state index is 0.0290. The number of hydrogen-bond acceptors (Lipinski definition) is 1. The number of nitrogens with zero attached hydrogens (tertiary/aromatic N) is 1. The van der Waals surface area contributed by atoms with Crippen molar-refractivity contribution < 1.29 is 4.79 Å². The Balaban J connectivity index is 1.82. The van der Waals surface area contributed by atoms with Crippen LogP contribution in [0.5, 0.6) is 0 Å². The lowest BCUT2D eigenvalue weighted by Gasteiger charge is -2.57. The van der Waals surface area contributed by atoms with Crippen LogP contribution in [0.2, 0.25) is 0 Å². The van der Waals surface area contributed by atoms with Gasteiger partial charge < -0.3 is 4.90 Å². The molecule has 0 aromatic rings. The van der Waals surface area contributed by atoms with E-state index in [1.165, 1.54) is 38.5 Å². The van der Waals surface area contributed by atoms with Crippen LogP contribution in [0.4, 0.5) is 0 Å². The second-order valence-corrected chi connectivity index (χ2v) is 8.27. The summed E-state index contributed by atoms with van der Waals surface area (Å²) < 4.78 is 0. The summed E-state index contributed by atoms with van der Waals surface area (Å²) in [6, 6.07) is 0.332. The molecule has 1 amide bonds. The molecule has 19 heavy (non-hydrogen) atoms. The van der Waals surface area contributed by atoms with E-state index < -0.39 is 0 Å². The lowest BCUT2D eigenvalue weighted by Crippen LogP contribution is -2.56. The number of carbonyl (C=O) groups excluding carboxylic acids is 1. The van der Waals surface area contributed by atoms with Gasteiger partial charge >= 0.3 is 0 Å². The molecule has 4 bridgehead atoms. The number of rotatable bonds is 4. The van der Waals surface area contributed by atoms with Crippen LogP contribution in [0, 0.1) is 23.2 Å². The van der Waals surface area contributed by atoms with Crippen LogP contribution in [0.15, 0.2) is 0 Å². The summed E-state index contributed by atoms with van der Waals surface area (Å²) in [5, 5.41) is 0.892. The van der Waals surface area contributed by atoms with Gasteiger partial charge in [-0.2, -0.15) is 0 Å². The van der Waals surface area contributed by atoms with E-state index in [0.717, 1.165) is 29.6 Å². The highest BCUT2D eigenvalue weighted by Gasteiger charge is 2.55. The largest absolute Gasteiger partial charge is 0.339 e. The summed E-state index contributed by atoms with van der Waals surface area (Å²) in [6.07, 6.45) is 7.78. The van der Waals surface area contributed by atoms with Crippen molar-refractivity contribution in [2.45, 2.75) is 58.4 Å². The maximum absolute atomic E-state index is 13.1. The van der Waals surface area contributed by atoms with Gasteiger partial charge in [0.25, 0.3) is 0 Å². The van der Waals surface area contributed by atoms with Crippen LogP contribution in [-0.2, 0) is 4.79 Å². The lowest BCUT2D eigenvalue weighted by molar-refractivity contribution is -0.159. The maximum Gasteiger partial charge on any atom is 0.229 e. The molecule has 4 aliphatic rings. The van der Waals surface area contributed by atoms with Crippen molar-refractivity contribution in [3.63, 3.8) is 0 Å². The summed E-state index contributed by atoms with van der Waals surface area (Å²) in [7, 11) is 0. The Labute approximate surface area is 125 Å². The smallest absolute Gasteiger partial charge is 0.229 e.